The summed E-state index contributed by atoms with van der Waals surface area (Å²) in [4.78, 5) is 0. The van der Waals surface area contributed by atoms with Crippen molar-refractivity contribution in [1.82, 2.24) is 5.32 Å². The maximum atomic E-state index is 6.69. The summed E-state index contributed by atoms with van der Waals surface area (Å²) in [7, 11) is 0. The van der Waals surface area contributed by atoms with Gasteiger partial charge in [-0.1, -0.05) is 64.2 Å². The van der Waals surface area contributed by atoms with Gasteiger partial charge in [0.05, 0.1) is 12.2 Å². The average molecular weight is 322 g/mol. The number of hydrogen-bond acceptors (Lipinski definition) is 2. The Hall–Kier alpha value is -0.0800. The van der Waals surface area contributed by atoms with Crippen molar-refractivity contribution in [3.05, 3.63) is 0 Å². The topological polar surface area (TPSA) is 21.3 Å². The van der Waals surface area contributed by atoms with Gasteiger partial charge in [-0.3, -0.25) is 0 Å². The van der Waals surface area contributed by atoms with Crippen LogP contribution in [0.1, 0.15) is 109 Å². The first-order valence-corrected chi connectivity index (χ1v) is 10.8. The number of hydrogen-bond donors (Lipinski definition) is 1. The van der Waals surface area contributed by atoms with Crippen molar-refractivity contribution in [1.29, 1.82) is 0 Å². The van der Waals surface area contributed by atoms with Crippen LogP contribution in [0, 0.1) is 0 Å². The molecule has 1 saturated heterocycles. The first kappa shape index (κ1) is 17.7. The van der Waals surface area contributed by atoms with Crippen LogP contribution in [0.5, 0.6) is 0 Å². The molecule has 0 aromatic carbocycles. The third-order valence-corrected chi connectivity index (χ3v) is 6.40. The highest BCUT2D eigenvalue weighted by Crippen LogP contribution is 2.27. The summed E-state index contributed by atoms with van der Waals surface area (Å²) in [6, 6.07) is 1.47. The Morgan fingerprint density at radius 2 is 1.04 bits per heavy atom. The Morgan fingerprint density at radius 1 is 0.478 bits per heavy atom. The van der Waals surface area contributed by atoms with Gasteiger partial charge >= 0.3 is 0 Å². The zero-order valence-electron chi connectivity index (χ0n) is 15.2. The van der Waals surface area contributed by atoms with Gasteiger partial charge in [0, 0.05) is 12.1 Å². The second-order valence-corrected chi connectivity index (χ2v) is 8.44. The molecule has 0 aromatic rings. The van der Waals surface area contributed by atoms with E-state index in [2.05, 4.69) is 5.32 Å². The minimum atomic E-state index is 0.525. The van der Waals surface area contributed by atoms with Gasteiger partial charge in [-0.15, -0.1) is 0 Å². The van der Waals surface area contributed by atoms with Gasteiger partial charge in [0.2, 0.25) is 0 Å². The SMILES string of the molecule is C1CCCC2CCC(CCC1)OC1CCCCCCCC(C1)N2. The molecule has 4 bridgehead atoms. The molecule has 4 unspecified atom stereocenters. The van der Waals surface area contributed by atoms with E-state index in [1.165, 1.54) is 109 Å². The second kappa shape index (κ2) is 10.0. The van der Waals surface area contributed by atoms with Gasteiger partial charge < -0.3 is 10.1 Å². The molecule has 134 valence electrons. The van der Waals surface area contributed by atoms with E-state index in [4.69, 9.17) is 4.74 Å². The standard InChI is InChI=1S/C21H39NO/c1-3-7-11-18-15-16-20(13-9-5-1)23-21-14-10-6-2-4-8-12-19(17-21)22-18/h18-22H,1-17H2. The summed E-state index contributed by atoms with van der Waals surface area (Å²) in [6.45, 7) is 0. The van der Waals surface area contributed by atoms with Crippen LogP contribution < -0.4 is 5.32 Å². The zero-order chi connectivity index (χ0) is 15.7. The molecule has 3 fully saturated rings. The Labute approximate surface area is 144 Å². The molecule has 2 nitrogen and oxygen atoms in total. The molecule has 0 amide bonds. The fourth-order valence-corrected chi connectivity index (χ4v) is 5.00. The predicted molar refractivity (Wildman–Crippen MR) is 97.9 cm³/mol. The van der Waals surface area contributed by atoms with Crippen molar-refractivity contribution in [2.75, 3.05) is 0 Å². The molecular weight excluding hydrogens is 282 g/mol. The predicted octanol–water partition coefficient (Wildman–Crippen LogP) is 5.74. The summed E-state index contributed by atoms with van der Waals surface area (Å²) < 4.78 is 6.69. The van der Waals surface area contributed by atoms with E-state index in [1.807, 2.05) is 0 Å². The van der Waals surface area contributed by atoms with E-state index in [1.54, 1.807) is 0 Å². The molecule has 2 heteroatoms. The van der Waals surface area contributed by atoms with Crippen LogP contribution in [-0.2, 0) is 4.74 Å². The van der Waals surface area contributed by atoms with E-state index in [-0.39, 0.29) is 0 Å². The molecule has 2 saturated carbocycles. The van der Waals surface area contributed by atoms with Crippen molar-refractivity contribution in [3.63, 3.8) is 0 Å². The summed E-state index contributed by atoms with van der Waals surface area (Å²) in [5.41, 5.74) is 0. The molecule has 23 heavy (non-hydrogen) atoms. The lowest BCUT2D eigenvalue weighted by Gasteiger charge is -2.29. The van der Waals surface area contributed by atoms with Crippen molar-refractivity contribution >= 4 is 0 Å². The third-order valence-electron chi connectivity index (χ3n) is 6.40. The van der Waals surface area contributed by atoms with Crippen LogP contribution in [0.25, 0.3) is 0 Å². The molecular formula is C21H39NO. The van der Waals surface area contributed by atoms with Crippen LogP contribution in [0.3, 0.4) is 0 Å². The monoisotopic (exact) mass is 321 g/mol. The second-order valence-electron chi connectivity index (χ2n) is 8.44. The Bertz CT molecular complexity index is 291. The highest BCUT2D eigenvalue weighted by molar-refractivity contribution is 4.82. The van der Waals surface area contributed by atoms with E-state index in [0.717, 1.165) is 6.04 Å². The van der Waals surface area contributed by atoms with Crippen LogP contribution in [0.15, 0.2) is 0 Å². The first-order valence-electron chi connectivity index (χ1n) is 10.8. The molecule has 0 spiro atoms. The molecule has 3 aliphatic rings. The zero-order valence-corrected chi connectivity index (χ0v) is 15.2. The molecule has 3 rings (SSSR count). The smallest absolute Gasteiger partial charge is 0.0593 e. The molecule has 1 N–H and O–H groups in total. The van der Waals surface area contributed by atoms with Crippen LogP contribution in [0.4, 0.5) is 0 Å². The maximum absolute atomic E-state index is 6.69. The highest BCUT2D eigenvalue weighted by atomic mass is 16.5. The summed E-state index contributed by atoms with van der Waals surface area (Å²) in [6.07, 6.45) is 24.6. The number of rotatable bonds is 0. The minimum absolute atomic E-state index is 0.525. The largest absolute Gasteiger partial charge is 0.375 e. The van der Waals surface area contributed by atoms with Crippen molar-refractivity contribution in [2.45, 2.75) is 133 Å². The summed E-state index contributed by atoms with van der Waals surface area (Å²) in [5.74, 6) is 0. The molecule has 4 atom stereocenters. The quantitative estimate of drug-likeness (QED) is 0.614. The van der Waals surface area contributed by atoms with Crippen molar-refractivity contribution in [3.8, 4) is 0 Å². The minimum Gasteiger partial charge on any atom is -0.375 e. The molecule has 0 aromatic heterocycles. The third kappa shape index (κ3) is 6.38. The Kier molecular flexibility index (Phi) is 7.74. The lowest BCUT2D eigenvalue weighted by molar-refractivity contribution is -0.0322. The molecule has 0 radical (unpaired) electrons. The first-order chi connectivity index (χ1) is 11.4. The van der Waals surface area contributed by atoms with E-state index >= 15 is 0 Å². The van der Waals surface area contributed by atoms with Crippen LogP contribution in [-0.4, -0.2) is 24.3 Å². The fourth-order valence-electron chi connectivity index (χ4n) is 5.00. The molecule has 2 aliphatic carbocycles. The lowest BCUT2D eigenvalue weighted by Crippen LogP contribution is -2.40. The van der Waals surface area contributed by atoms with Crippen molar-refractivity contribution < 1.29 is 4.74 Å². The summed E-state index contributed by atoms with van der Waals surface area (Å²) in [5, 5.41) is 4.09. The summed E-state index contributed by atoms with van der Waals surface area (Å²) >= 11 is 0. The Balaban J connectivity index is 1.69. The number of fused-ring (bicyclic) bond motifs is 5. The average Bonchev–Trinajstić information content (AvgIpc) is 2.59. The normalized spacial score (nSPS) is 38.6. The van der Waals surface area contributed by atoms with Gasteiger partial charge in [-0.2, -0.15) is 0 Å². The molecule has 1 aliphatic heterocycles. The highest BCUT2D eigenvalue weighted by Gasteiger charge is 2.26. The fraction of sp³-hybridized carbons (Fsp3) is 1.00. The van der Waals surface area contributed by atoms with E-state index in [0.29, 0.717) is 18.2 Å². The van der Waals surface area contributed by atoms with Crippen LogP contribution in [0.2, 0.25) is 0 Å². The van der Waals surface area contributed by atoms with Gasteiger partial charge in [-0.25, -0.2) is 0 Å². The van der Waals surface area contributed by atoms with E-state index < -0.39 is 0 Å². The van der Waals surface area contributed by atoms with Gasteiger partial charge in [0.25, 0.3) is 0 Å². The molecule has 1 heterocycles. The van der Waals surface area contributed by atoms with Gasteiger partial charge in [-0.05, 0) is 44.9 Å². The Morgan fingerprint density at radius 3 is 1.78 bits per heavy atom. The maximum Gasteiger partial charge on any atom is 0.0593 e. The van der Waals surface area contributed by atoms with Gasteiger partial charge in [0.15, 0.2) is 0 Å². The van der Waals surface area contributed by atoms with Crippen molar-refractivity contribution in [2.24, 2.45) is 0 Å². The number of ether oxygens (including phenoxy) is 1. The van der Waals surface area contributed by atoms with E-state index in [9.17, 15) is 0 Å². The lowest BCUT2D eigenvalue weighted by atomic mass is 9.94. The van der Waals surface area contributed by atoms with Gasteiger partial charge in [0.1, 0.15) is 0 Å². The van der Waals surface area contributed by atoms with Crippen LogP contribution >= 0.6 is 0 Å². The number of nitrogens with one attached hydrogen (secondary N) is 1.